The summed E-state index contributed by atoms with van der Waals surface area (Å²) >= 11 is 0. The molecule has 0 amide bonds. The van der Waals surface area contributed by atoms with Crippen LogP contribution in [0.25, 0.3) is 11.1 Å². The summed E-state index contributed by atoms with van der Waals surface area (Å²) in [6.45, 7) is 4.44. The molecule has 0 bridgehead atoms. The van der Waals surface area contributed by atoms with Crippen molar-refractivity contribution in [3.8, 4) is 11.1 Å². The lowest BCUT2D eigenvalue weighted by Crippen LogP contribution is -2.16. The summed E-state index contributed by atoms with van der Waals surface area (Å²) in [6.07, 6.45) is 2.33. The van der Waals surface area contributed by atoms with Crippen LogP contribution in [-0.2, 0) is 0 Å². The summed E-state index contributed by atoms with van der Waals surface area (Å²) in [6, 6.07) is 19.8. The number of nitrogens with one attached hydrogen (secondary N) is 1. The molecule has 0 radical (unpaired) electrons. The van der Waals surface area contributed by atoms with Crippen molar-refractivity contribution in [2.24, 2.45) is 0 Å². The first-order valence-corrected chi connectivity index (χ1v) is 6.75. The minimum absolute atomic E-state index is 0.576. The molecule has 94 valence electrons. The van der Waals surface area contributed by atoms with Crippen molar-refractivity contribution in [3.63, 3.8) is 0 Å². The Hall–Kier alpha value is -1.76. The lowest BCUT2D eigenvalue weighted by atomic mass is 10.1. The van der Waals surface area contributed by atoms with Crippen molar-refractivity contribution < 1.29 is 0 Å². The van der Waals surface area contributed by atoms with Gasteiger partial charge in [-0.2, -0.15) is 0 Å². The van der Waals surface area contributed by atoms with E-state index in [2.05, 4.69) is 67.7 Å². The molecule has 2 aromatic rings. The van der Waals surface area contributed by atoms with Crippen LogP contribution in [0.2, 0.25) is 0 Å². The van der Waals surface area contributed by atoms with Gasteiger partial charge < -0.3 is 5.32 Å². The van der Waals surface area contributed by atoms with Gasteiger partial charge in [-0.25, -0.2) is 0 Å². The predicted molar refractivity (Wildman–Crippen MR) is 79.9 cm³/mol. The van der Waals surface area contributed by atoms with E-state index in [-0.39, 0.29) is 0 Å². The highest BCUT2D eigenvalue weighted by molar-refractivity contribution is 5.65. The van der Waals surface area contributed by atoms with E-state index >= 15 is 0 Å². The molecule has 0 aromatic heterocycles. The fraction of sp³-hybridized carbons (Fsp3) is 0.294. The molecule has 0 unspecified atom stereocenters. The van der Waals surface area contributed by atoms with E-state index in [0.29, 0.717) is 6.04 Å². The summed E-state index contributed by atoms with van der Waals surface area (Å²) in [7, 11) is 0. The van der Waals surface area contributed by atoms with Crippen LogP contribution in [0.4, 0.5) is 5.69 Å². The van der Waals surface area contributed by atoms with Crippen LogP contribution < -0.4 is 5.32 Å². The van der Waals surface area contributed by atoms with Gasteiger partial charge >= 0.3 is 0 Å². The molecule has 2 aromatic carbocycles. The summed E-state index contributed by atoms with van der Waals surface area (Å²) < 4.78 is 0. The molecule has 2 rings (SSSR count). The third-order valence-corrected chi connectivity index (χ3v) is 3.35. The van der Waals surface area contributed by atoms with Crippen molar-refractivity contribution >= 4 is 5.69 Å². The number of anilines is 1. The van der Waals surface area contributed by atoms with Crippen LogP contribution in [0, 0.1) is 0 Å². The molecular weight excluding hydrogens is 218 g/mol. The SMILES string of the molecule is CCC(CC)Nc1ccc(-c2ccccc2)cc1. The van der Waals surface area contributed by atoms with Crippen LogP contribution in [0.3, 0.4) is 0 Å². The average molecular weight is 239 g/mol. The maximum Gasteiger partial charge on any atom is 0.0342 e. The van der Waals surface area contributed by atoms with Gasteiger partial charge in [-0.15, -0.1) is 0 Å². The Bertz CT molecular complexity index is 455. The fourth-order valence-corrected chi connectivity index (χ4v) is 2.12. The first-order chi connectivity index (χ1) is 8.83. The highest BCUT2D eigenvalue weighted by Gasteiger charge is 2.03. The van der Waals surface area contributed by atoms with Gasteiger partial charge in [-0.3, -0.25) is 0 Å². The Morgan fingerprint density at radius 2 is 1.33 bits per heavy atom. The molecule has 1 N–H and O–H groups in total. The zero-order valence-corrected chi connectivity index (χ0v) is 11.2. The van der Waals surface area contributed by atoms with Gasteiger partial charge in [0.2, 0.25) is 0 Å². The van der Waals surface area contributed by atoms with Gasteiger partial charge in [-0.05, 0) is 36.1 Å². The van der Waals surface area contributed by atoms with E-state index in [0.717, 1.165) is 12.8 Å². The van der Waals surface area contributed by atoms with Gasteiger partial charge in [0.25, 0.3) is 0 Å². The monoisotopic (exact) mass is 239 g/mol. The van der Waals surface area contributed by atoms with Gasteiger partial charge in [0.1, 0.15) is 0 Å². The molecule has 18 heavy (non-hydrogen) atoms. The maximum atomic E-state index is 3.56. The van der Waals surface area contributed by atoms with Gasteiger partial charge in [0, 0.05) is 11.7 Å². The fourth-order valence-electron chi connectivity index (χ4n) is 2.12. The van der Waals surface area contributed by atoms with Gasteiger partial charge in [0.15, 0.2) is 0 Å². The van der Waals surface area contributed by atoms with E-state index in [4.69, 9.17) is 0 Å². The molecule has 1 nitrogen and oxygen atoms in total. The number of benzene rings is 2. The van der Waals surface area contributed by atoms with Gasteiger partial charge in [0.05, 0.1) is 0 Å². The summed E-state index contributed by atoms with van der Waals surface area (Å²) in [4.78, 5) is 0. The minimum atomic E-state index is 0.576. The Balaban J connectivity index is 2.11. The maximum absolute atomic E-state index is 3.56. The molecule has 0 saturated heterocycles. The molecule has 0 aliphatic heterocycles. The van der Waals surface area contributed by atoms with Crippen molar-refractivity contribution in [3.05, 3.63) is 54.6 Å². The van der Waals surface area contributed by atoms with Crippen LogP contribution in [-0.4, -0.2) is 6.04 Å². The molecule has 0 heterocycles. The van der Waals surface area contributed by atoms with E-state index in [1.807, 2.05) is 6.07 Å². The summed E-state index contributed by atoms with van der Waals surface area (Å²) in [5, 5.41) is 3.56. The van der Waals surface area contributed by atoms with Crippen molar-refractivity contribution in [2.45, 2.75) is 32.7 Å². The van der Waals surface area contributed by atoms with Crippen molar-refractivity contribution in [1.29, 1.82) is 0 Å². The number of hydrogen-bond acceptors (Lipinski definition) is 1. The molecule has 0 fully saturated rings. The van der Waals surface area contributed by atoms with E-state index in [1.54, 1.807) is 0 Å². The van der Waals surface area contributed by atoms with Crippen LogP contribution in [0.1, 0.15) is 26.7 Å². The second kappa shape index (κ2) is 6.25. The van der Waals surface area contributed by atoms with Crippen LogP contribution in [0.5, 0.6) is 0 Å². The van der Waals surface area contributed by atoms with E-state index in [1.165, 1.54) is 16.8 Å². The predicted octanol–water partition coefficient (Wildman–Crippen LogP) is 4.95. The topological polar surface area (TPSA) is 12.0 Å². The highest BCUT2D eigenvalue weighted by Crippen LogP contribution is 2.21. The average Bonchev–Trinajstić information content (AvgIpc) is 2.46. The molecule has 0 aliphatic carbocycles. The quantitative estimate of drug-likeness (QED) is 0.778. The van der Waals surface area contributed by atoms with E-state index < -0.39 is 0 Å². The Morgan fingerprint density at radius 1 is 0.778 bits per heavy atom. The van der Waals surface area contributed by atoms with Crippen molar-refractivity contribution in [2.75, 3.05) is 5.32 Å². The first kappa shape index (κ1) is 12.7. The van der Waals surface area contributed by atoms with Gasteiger partial charge in [-0.1, -0.05) is 56.3 Å². The molecule has 1 heteroatoms. The summed E-state index contributed by atoms with van der Waals surface area (Å²) in [5.74, 6) is 0. The largest absolute Gasteiger partial charge is 0.382 e. The molecule has 0 aliphatic rings. The zero-order valence-electron chi connectivity index (χ0n) is 11.2. The number of rotatable bonds is 5. The molecule has 0 saturated carbocycles. The first-order valence-electron chi connectivity index (χ1n) is 6.75. The Kier molecular flexibility index (Phi) is 4.40. The van der Waals surface area contributed by atoms with Crippen LogP contribution in [0.15, 0.2) is 54.6 Å². The highest BCUT2D eigenvalue weighted by atomic mass is 14.9. The molecule has 0 spiro atoms. The standard InChI is InChI=1S/C17H21N/c1-3-16(4-2)18-17-12-10-15(11-13-17)14-8-6-5-7-9-14/h5-13,16,18H,3-4H2,1-2H3. The lowest BCUT2D eigenvalue weighted by molar-refractivity contribution is 0.672. The second-order valence-corrected chi connectivity index (χ2v) is 4.60. The normalized spacial score (nSPS) is 10.6. The second-order valence-electron chi connectivity index (χ2n) is 4.60. The smallest absolute Gasteiger partial charge is 0.0342 e. The third kappa shape index (κ3) is 3.13. The molecule has 0 atom stereocenters. The van der Waals surface area contributed by atoms with Crippen molar-refractivity contribution in [1.82, 2.24) is 0 Å². The third-order valence-electron chi connectivity index (χ3n) is 3.35. The van der Waals surface area contributed by atoms with Crippen LogP contribution >= 0.6 is 0 Å². The Labute approximate surface area is 110 Å². The molecular formula is C17H21N. The minimum Gasteiger partial charge on any atom is -0.382 e. The van der Waals surface area contributed by atoms with E-state index in [9.17, 15) is 0 Å². The zero-order chi connectivity index (χ0) is 12.8. The summed E-state index contributed by atoms with van der Waals surface area (Å²) in [5.41, 5.74) is 3.75. The Morgan fingerprint density at radius 3 is 1.89 bits per heavy atom. The lowest BCUT2D eigenvalue weighted by Gasteiger charge is -2.16. The number of hydrogen-bond donors (Lipinski definition) is 1.